The standard InChI is InChI=1S/C14H19BrO/c1-11-5-4-7-13(9-11)16-14-8-3-2-6-12(14)10-15/h2-3,6,8,11,13H,4-5,7,9-10H2,1H3. The van der Waals surface area contributed by atoms with Gasteiger partial charge in [-0.15, -0.1) is 0 Å². The van der Waals surface area contributed by atoms with Crippen molar-refractivity contribution >= 4 is 15.9 Å². The third-order valence-electron chi connectivity index (χ3n) is 3.30. The van der Waals surface area contributed by atoms with Crippen LogP contribution in [0.1, 0.15) is 38.2 Å². The van der Waals surface area contributed by atoms with Crippen molar-refractivity contribution in [1.82, 2.24) is 0 Å². The fraction of sp³-hybridized carbons (Fsp3) is 0.571. The predicted molar refractivity (Wildman–Crippen MR) is 71.1 cm³/mol. The zero-order valence-electron chi connectivity index (χ0n) is 9.79. The third-order valence-corrected chi connectivity index (χ3v) is 3.90. The van der Waals surface area contributed by atoms with Crippen LogP contribution in [0.4, 0.5) is 0 Å². The van der Waals surface area contributed by atoms with Gasteiger partial charge in [-0.1, -0.05) is 47.5 Å². The molecular weight excluding hydrogens is 264 g/mol. The monoisotopic (exact) mass is 282 g/mol. The van der Waals surface area contributed by atoms with Crippen molar-refractivity contribution in [3.05, 3.63) is 29.8 Å². The molecule has 0 spiro atoms. The molecule has 0 aliphatic heterocycles. The van der Waals surface area contributed by atoms with E-state index in [1.165, 1.54) is 31.2 Å². The molecule has 16 heavy (non-hydrogen) atoms. The first-order valence-electron chi connectivity index (χ1n) is 6.10. The number of alkyl halides is 1. The second-order valence-corrected chi connectivity index (χ2v) is 5.31. The lowest BCUT2D eigenvalue weighted by Crippen LogP contribution is -2.24. The number of para-hydroxylation sites is 1. The summed E-state index contributed by atoms with van der Waals surface area (Å²) >= 11 is 3.51. The summed E-state index contributed by atoms with van der Waals surface area (Å²) in [5.74, 6) is 1.87. The molecule has 0 radical (unpaired) electrons. The van der Waals surface area contributed by atoms with Crippen LogP contribution >= 0.6 is 15.9 Å². The zero-order chi connectivity index (χ0) is 11.4. The maximum absolute atomic E-state index is 6.12. The Labute approximate surface area is 106 Å². The first kappa shape index (κ1) is 12.0. The lowest BCUT2D eigenvalue weighted by Gasteiger charge is -2.28. The number of hydrogen-bond donors (Lipinski definition) is 0. The minimum Gasteiger partial charge on any atom is -0.490 e. The summed E-state index contributed by atoms with van der Waals surface area (Å²) < 4.78 is 6.12. The number of ether oxygens (including phenoxy) is 1. The Morgan fingerprint density at radius 2 is 2.12 bits per heavy atom. The van der Waals surface area contributed by atoms with Crippen molar-refractivity contribution in [1.29, 1.82) is 0 Å². The summed E-state index contributed by atoms with van der Waals surface area (Å²) in [5, 5.41) is 0.867. The molecule has 1 aromatic rings. The second kappa shape index (κ2) is 5.72. The summed E-state index contributed by atoms with van der Waals surface area (Å²) in [6, 6.07) is 8.31. The largest absolute Gasteiger partial charge is 0.490 e. The maximum Gasteiger partial charge on any atom is 0.123 e. The van der Waals surface area contributed by atoms with Gasteiger partial charge in [0.05, 0.1) is 6.10 Å². The summed E-state index contributed by atoms with van der Waals surface area (Å²) in [4.78, 5) is 0. The topological polar surface area (TPSA) is 9.23 Å². The van der Waals surface area contributed by atoms with E-state index in [0.717, 1.165) is 17.0 Å². The van der Waals surface area contributed by atoms with Crippen LogP contribution in [0.2, 0.25) is 0 Å². The first-order valence-corrected chi connectivity index (χ1v) is 7.22. The minimum atomic E-state index is 0.420. The molecule has 1 aliphatic rings. The Bertz CT molecular complexity index is 337. The van der Waals surface area contributed by atoms with Gasteiger partial charge in [0.1, 0.15) is 5.75 Å². The van der Waals surface area contributed by atoms with Crippen LogP contribution in [0.3, 0.4) is 0 Å². The zero-order valence-corrected chi connectivity index (χ0v) is 11.4. The van der Waals surface area contributed by atoms with Crippen molar-refractivity contribution in [3.63, 3.8) is 0 Å². The molecule has 1 aliphatic carbocycles. The highest BCUT2D eigenvalue weighted by Crippen LogP contribution is 2.29. The minimum absolute atomic E-state index is 0.420. The molecule has 0 amide bonds. The van der Waals surface area contributed by atoms with E-state index in [9.17, 15) is 0 Å². The second-order valence-electron chi connectivity index (χ2n) is 4.75. The molecule has 1 saturated carbocycles. The summed E-state index contributed by atoms with van der Waals surface area (Å²) in [6.07, 6.45) is 5.50. The van der Waals surface area contributed by atoms with Gasteiger partial charge in [-0.25, -0.2) is 0 Å². The van der Waals surface area contributed by atoms with Gasteiger partial charge in [0.2, 0.25) is 0 Å². The van der Waals surface area contributed by atoms with Crippen LogP contribution in [0.15, 0.2) is 24.3 Å². The Morgan fingerprint density at radius 1 is 1.31 bits per heavy atom. The molecule has 2 atom stereocenters. The smallest absolute Gasteiger partial charge is 0.123 e. The highest BCUT2D eigenvalue weighted by molar-refractivity contribution is 9.08. The van der Waals surface area contributed by atoms with Gasteiger partial charge < -0.3 is 4.74 Å². The highest BCUT2D eigenvalue weighted by atomic mass is 79.9. The van der Waals surface area contributed by atoms with Crippen LogP contribution in [-0.4, -0.2) is 6.10 Å². The van der Waals surface area contributed by atoms with Crippen molar-refractivity contribution < 1.29 is 4.74 Å². The van der Waals surface area contributed by atoms with Gasteiger partial charge in [-0.05, 0) is 31.2 Å². The fourth-order valence-corrected chi connectivity index (χ4v) is 2.86. The van der Waals surface area contributed by atoms with Crippen LogP contribution in [-0.2, 0) is 5.33 Å². The Balaban J connectivity index is 2.02. The van der Waals surface area contributed by atoms with Gasteiger partial charge in [0.15, 0.2) is 0 Å². The molecule has 2 heteroatoms. The maximum atomic E-state index is 6.12. The number of rotatable bonds is 3. The van der Waals surface area contributed by atoms with Crippen molar-refractivity contribution in [2.24, 2.45) is 5.92 Å². The number of halogens is 1. The number of hydrogen-bond acceptors (Lipinski definition) is 1. The molecule has 0 heterocycles. The van der Waals surface area contributed by atoms with Gasteiger partial charge in [-0.2, -0.15) is 0 Å². The Kier molecular flexibility index (Phi) is 4.28. The van der Waals surface area contributed by atoms with E-state index in [1.807, 2.05) is 6.07 Å². The van der Waals surface area contributed by atoms with Crippen LogP contribution in [0.25, 0.3) is 0 Å². The van der Waals surface area contributed by atoms with Crippen LogP contribution < -0.4 is 4.74 Å². The van der Waals surface area contributed by atoms with E-state index >= 15 is 0 Å². The van der Waals surface area contributed by atoms with E-state index in [2.05, 4.69) is 41.1 Å². The molecular formula is C14H19BrO. The summed E-state index contributed by atoms with van der Waals surface area (Å²) in [7, 11) is 0. The average molecular weight is 283 g/mol. The van der Waals surface area contributed by atoms with Crippen molar-refractivity contribution in [3.8, 4) is 5.75 Å². The SMILES string of the molecule is CC1CCCC(Oc2ccccc2CBr)C1. The molecule has 1 aromatic carbocycles. The molecule has 0 N–H and O–H groups in total. The van der Waals surface area contributed by atoms with E-state index in [4.69, 9.17) is 4.74 Å². The molecule has 1 nitrogen and oxygen atoms in total. The predicted octanol–water partition coefficient (Wildman–Crippen LogP) is 4.54. The lowest BCUT2D eigenvalue weighted by atomic mass is 9.88. The highest BCUT2D eigenvalue weighted by Gasteiger charge is 2.20. The first-order chi connectivity index (χ1) is 7.79. The van der Waals surface area contributed by atoms with Crippen molar-refractivity contribution in [2.45, 2.75) is 44.0 Å². The van der Waals surface area contributed by atoms with Gasteiger partial charge in [-0.3, -0.25) is 0 Å². The van der Waals surface area contributed by atoms with E-state index < -0.39 is 0 Å². The van der Waals surface area contributed by atoms with Gasteiger partial charge in [0, 0.05) is 10.9 Å². The lowest BCUT2D eigenvalue weighted by molar-refractivity contribution is 0.128. The van der Waals surface area contributed by atoms with E-state index in [-0.39, 0.29) is 0 Å². The van der Waals surface area contributed by atoms with Crippen LogP contribution in [0.5, 0.6) is 5.75 Å². The third kappa shape index (κ3) is 3.00. The fourth-order valence-electron chi connectivity index (χ4n) is 2.39. The summed E-state index contributed by atoms with van der Waals surface area (Å²) in [5.41, 5.74) is 1.25. The van der Waals surface area contributed by atoms with E-state index in [1.54, 1.807) is 0 Å². The molecule has 0 bridgehead atoms. The average Bonchev–Trinajstić information content (AvgIpc) is 2.30. The number of benzene rings is 1. The molecule has 2 unspecified atom stereocenters. The van der Waals surface area contributed by atoms with Crippen LogP contribution in [0, 0.1) is 5.92 Å². The van der Waals surface area contributed by atoms with Crippen molar-refractivity contribution in [2.75, 3.05) is 0 Å². The quantitative estimate of drug-likeness (QED) is 0.740. The Morgan fingerprint density at radius 3 is 2.88 bits per heavy atom. The molecule has 88 valence electrons. The normalized spacial score (nSPS) is 25.4. The summed E-state index contributed by atoms with van der Waals surface area (Å²) in [6.45, 7) is 2.33. The van der Waals surface area contributed by atoms with Gasteiger partial charge >= 0.3 is 0 Å². The molecule has 0 saturated heterocycles. The van der Waals surface area contributed by atoms with Gasteiger partial charge in [0.25, 0.3) is 0 Å². The molecule has 0 aromatic heterocycles. The molecule has 2 rings (SSSR count). The Hall–Kier alpha value is -0.500. The van der Waals surface area contributed by atoms with E-state index in [0.29, 0.717) is 6.10 Å². The molecule has 1 fully saturated rings.